The fourth-order valence-electron chi connectivity index (χ4n) is 2.74. The van der Waals surface area contributed by atoms with E-state index in [1.807, 2.05) is 0 Å². The topological polar surface area (TPSA) is 97.1 Å². The predicted octanol–water partition coefficient (Wildman–Crippen LogP) is -0.0320. The molecule has 0 unspecified atom stereocenters. The minimum Gasteiger partial charge on any atom is -0.376 e. The van der Waals surface area contributed by atoms with Crippen molar-refractivity contribution in [2.75, 3.05) is 20.3 Å². The molecule has 2 aromatic heterocycles. The van der Waals surface area contributed by atoms with Crippen molar-refractivity contribution < 1.29 is 14.2 Å². The largest absolute Gasteiger partial charge is 0.376 e. The zero-order valence-electron chi connectivity index (χ0n) is 11.8. The van der Waals surface area contributed by atoms with Gasteiger partial charge < -0.3 is 14.2 Å². The number of fused-ring (bicyclic) bond motifs is 1. The third-order valence-electron chi connectivity index (χ3n) is 3.79. The molecular weight excluding hydrogens is 308 g/mol. The summed E-state index contributed by atoms with van der Waals surface area (Å²) in [5.41, 5.74) is 0. The highest BCUT2D eigenvalue weighted by Gasteiger charge is 2.49. The van der Waals surface area contributed by atoms with Crippen molar-refractivity contribution in [2.24, 2.45) is 0 Å². The third kappa shape index (κ3) is 2.37. The lowest BCUT2D eigenvalue weighted by Gasteiger charge is -2.16. The van der Waals surface area contributed by atoms with Gasteiger partial charge in [0.25, 0.3) is 0 Å². The summed E-state index contributed by atoms with van der Waals surface area (Å²) in [7, 11) is 1.66. The minimum atomic E-state index is -0.107. The van der Waals surface area contributed by atoms with Crippen molar-refractivity contribution in [1.82, 2.24) is 30.2 Å². The molecule has 0 radical (unpaired) electrons. The molecule has 4 heterocycles. The highest BCUT2D eigenvalue weighted by Crippen LogP contribution is 2.36. The summed E-state index contributed by atoms with van der Waals surface area (Å²) < 4.78 is 18.7. The monoisotopic (exact) mass is 322 g/mol. The first-order chi connectivity index (χ1) is 10.9. The first-order valence-corrected chi connectivity index (χ1v) is 7.67. The van der Waals surface area contributed by atoms with Crippen LogP contribution >= 0.6 is 11.8 Å². The Hall–Kier alpha value is -1.62. The highest BCUT2D eigenvalue weighted by molar-refractivity contribution is 7.99. The summed E-state index contributed by atoms with van der Waals surface area (Å²) in [5.74, 6) is 0. The fourth-order valence-corrected chi connectivity index (χ4v) is 3.47. The molecule has 116 valence electrons. The lowest BCUT2D eigenvalue weighted by atomic mass is 10.1. The molecule has 10 heteroatoms. The van der Waals surface area contributed by atoms with E-state index in [9.17, 15) is 0 Å². The van der Waals surface area contributed by atoms with E-state index in [0.29, 0.717) is 23.5 Å². The molecule has 0 spiro atoms. The maximum atomic E-state index is 5.82. The highest BCUT2D eigenvalue weighted by atomic mass is 32.2. The van der Waals surface area contributed by atoms with Crippen LogP contribution in [-0.4, -0.2) is 68.8 Å². The van der Waals surface area contributed by atoms with Crippen LogP contribution in [0.3, 0.4) is 0 Å². The second-order valence-electron chi connectivity index (χ2n) is 4.98. The van der Waals surface area contributed by atoms with E-state index in [4.69, 9.17) is 14.2 Å². The number of tetrazole rings is 1. The summed E-state index contributed by atoms with van der Waals surface area (Å²) in [6.07, 6.45) is 3.14. The number of hydrogen-bond donors (Lipinski definition) is 0. The molecule has 22 heavy (non-hydrogen) atoms. The van der Waals surface area contributed by atoms with E-state index in [0.717, 1.165) is 0 Å². The molecule has 0 N–H and O–H groups in total. The summed E-state index contributed by atoms with van der Waals surface area (Å²) in [5, 5.41) is 13.1. The molecule has 0 amide bonds. The number of methoxy groups -OCH3 is 1. The average molecular weight is 322 g/mol. The van der Waals surface area contributed by atoms with E-state index in [2.05, 4.69) is 25.5 Å². The quantitative estimate of drug-likeness (QED) is 0.719. The van der Waals surface area contributed by atoms with Crippen molar-refractivity contribution in [1.29, 1.82) is 0 Å². The maximum absolute atomic E-state index is 5.82. The van der Waals surface area contributed by atoms with E-state index >= 15 is 0 Å². The van der Waals surface area contributed by atoms with E-state index < -0.39 is 0 Å². The Balaban J connectivity index is 1.56. The second kappa shape index (κ2) is 5.88. The zero-order chi connectivity index (χ0) is 14.9. The number of hydrogen-bond acceptors (Lipinski definition) is 9. The van der Waals surface area contributed by atoms with Crippen molar-refractivity contribution in [3.8, 4) is 0 Å². The first-order valence-electron chi connectivity index (χ1n) is 6.85. The Morgan fingerprint density at radius 1 is 1.23 bits per heavy atom. The smallest absolute Gasteiger partial charge is 0.217 e. The Labute approximate surface area is 130 Å². The van der Waals surface area contributed by atoms with Gasteiger partial charge in [0.15, 0.2) is 5.16 Å². The molecule has 4 rings (SSSR count). The van der Waals surface area contributed by atoms with Gasteiger partial charge in [0, 0.05) is 19.5 Å². The molecule has 2 saturated heterocycles. The Morgan fingerprint density at radius 3 is 2.86 bits per heavy atom. The van der Waals surface area contributed by atoms with Gasteiger partial charge in [-0.05, 0) is 28.3 Å². The van der Waals surface area contributed by atoms with E-state index in [1.54, 1.807) is 30.3 Å². The second-order valence-corrected chi connectivity index (χ2v) is 5.91. The van der Waals surface area contributed by atoms with Crippen molar-refractivity contribution in [2.45, 2.75) is 34.7 Å². The molecule has 2 aliphatic heterocycles. The van der Waals surface area contributed by atoms with Crippen LogP contribution in [0.5, 0.6) is 0 Å². The van der Waals surface area contributed by atoms with Crippen LogP contribution in [0.4, 0.5) is 0 Å². The SMILES string of the molecule is CO[C@H]1CO[C@@H]2[C@@H]1OC[C@@H]2n1nnnc1Sc1ncccn1. The molecule has 0 saturated carbocycles. The van der Waals surface area contributed by atoms with E-state index in [1.165, 1.54) is 11.8 Å². The van der Waals surface area contributed by atoms with Crippen molar-refractivity contribution in [3.05, 3.63) is 18.5 Å². The van der Waals surface area contributed by atoms with Gasteiger partial charge in [-0.15, -0.1) is 5.10 Å². The van der Waals surface area contributed by atoms with Gasteiger partial charge in [-0.2, -0.15) is 0 Å². The number of nitrogens with zero attached hydrogens (tertiary/aromatic N) is 6. The Kier molecular flexibility index (Phi) is 3.74. The lowest BCUT2D eigenvalue weighted by molar-refractivity contribution is -0.00928. The lowest BCUT2D eigenvalue weighted by Crippen LogP contribution is -2.31. The van der Waals surface area contributed by atoms with Gasteiger partial charge in [-0.3, -0.25) is 0 Å². The van der Waals surface area contributed by atoms with Gasteiger partial charge in [-0.25, -0.2) is 14.6 Å². The summed E-state index contributed by atoms with van der Waals surface area (Å²) in [6, 6.07) is 1.69. The van der Waals surface area contributed by atoms with Gasteiger partial charge in [0.2, 0.25) is 5.16 Å². The molecular formula is C12H14N6O3S. The molecule has 2 aliphatic rings. The van der Waals surface area contributed by atoms with Crippen LogP contribution in [-0.2, 0) is 14.2 Å². The van der Waals surface area contributed by atoms with Crippen LogP contribution in [0.1, 0.15) is 6.04 Å². The molecule has 4 atom stereocenters. The summed E-state index contributed by atoms with van der Waals surface area (Å²) in [6.45, 7) is 1.01. The predicted molar refractivity (Wildman–Crippen MR) is 73.3 cm³/mol. The van der Waals surface area contributed by atoms with Gasteiger partial charge in [0.05, 0.1) is 13.2 Å². The summed E-state index contributed by atoms with van der Waals surface area (Å²) >= 11 is 1.31. The minimum absolute atomic E-state index is 0.0416. The Bertz CT molecular complexity index is 641. The number of aromatic nitrogens is 6. The Morgan fingerprint density at radius 2 is 2.05 bits per heavy atom. The number of rotatable bonds is 4. The van der Waals surface area contributed by atoms with Crippen molar-refractivity contribution >= 4 is 11.8 Å². The normalized spacial score (nSPS) is 30.6. The van der Waals surface area contributed by atoms with Gasteiger partial charge in [-0.1, -0.05) is 0 Å². The van der Waals surface area contributed by atoms with Crippen LogP contribution in [0, 0.1) is 0 Å². The standard InChI is InChI=1S/C12H14N6O3S/c1-19-8-6-21-9-7(5-20-10(8)9)18-12(15-16-17-18)22-11-13-3-2-4-14-11/h2-4,7-10H,5-6H2,1H3/t7-,8-,9-,10+/m0/s1. The molecule has 9 nitrogen and oxygen atoms in total. The van der Waals surface area contributed by atoms with Crippen molar-refractivity contribution in [3.63, 3.8) is 0 Å². The fraction of sp³-hybridized carbons (Fsp3) is 0.583. The molecule has 0 bridgehead atoms. The average Bonchev–Trinajstić information content (AvgIpc) is 3.24. The molecule has 2 fully saturated rings. The van der Waals surface area contributed by atoms with Crippen LogP contribution in [0.25, 0.3) is 0 Å². The van der Waals surface area contributed by atoms with Crippen LogP contribution in [0.15, 0.2) is 28.8 Å². The maximum Gasteiger partial charge on any atom is 0.217 e. The third-order valence-corrected chi connectivity index (χ3v) is 4.63. The molecule has 0 aromatic carbocycles. The first kappa shape index (κ1) is 14.0. The van der Waals surface area contributed by atoms with Gasteiger partial charge >= 0.3 is 0 Å². The molecule has 2 aromatic rings. The van der Waals surface area contributed by atoms with E-state index in [-0.39, 0.29) is 24.4 Å². The van der Waals surface area contributed by atoms with Gasteiger partial charge in [0.1, 0.15) is 24.4 Å². The number of ether oxygens (including phenoxy) is 3. The molecule has 0 aliphatic carbocycles. The zero-order valence-corrected chi connectivity index (χ0v) is 12.6. The van der Waals surface area contributed by atoms with Crippen LogP contribution < -0.4 is 0 Å². The summed E-state index contributed by atoms with van der Waals surface area (Å²) in [4.78, 5) is 8.35. The van der Waals surface area contributed by atoms with Crippen LogP contribution in [0.2, 0.25) is 0 Å².